The Bertz CT molecular complexity index is 469. The van der Waals surface area contributed by atoms with Gasteiger partial charge in [-0.3, -0.25) is 4.79 Å². The number of ether oxygens (including phenoxy) is 1. The van der Waals surface area contributed by atoms with E-state index in [0.717, 1.165) is 12.0 Å². The number of nitriles is 1. The van der Waals surface area contributed by atoms with Gasteiger partial charge >= 0.3 is 0 Å². The second-order valence-electron chi connectivity index (χ2n) is 4.26. The van der Waals surface area contributed by atoms with Crippen LogP contribution in [0, 0.1) is 18.3 Å². The van der Waals surface area contributed by atoms with Crippen molar-refractivity contribution < 1.29 is 4.74 Å². The molecule has 1 aromatic rings. The molecule has 4 nitrogen and oxygen atoms in total. The minimum Gasteiger partial charge on any atom is -0.379 e. The third kappa shape index (κ3) is 3.72. The van der Waals surface area contributed by atoms with Crippen LogP contribution in [0.15, 0.2) is 17.1 Å². The highest BCUT2D eigenvalue weighted by Gasteiger charge is 2.05. The molecule has 0 saturated carbocycles. The number of pyridine rings is 1. The first-order chi connectivity index (χ1) is 8.06. The van der Waals surface area contributed by atoms with Crippen LogP contribution in [-0.2, 0) is 11.3 Å². The number of hydrogen-bond donors (Lipinski definition) is 0. The largest absolute Gasteiger partial charge is 0.379 e. The molecule has 0 aromatic carbocycles. The van der Waals surface area contributed by atoms with Crippen molar-refractivity contribution in [1.29, 1.82) is 5.26 Å². The molecule has 0 aliphatic rings. The van der Waals surface area contributed by atoms with Crippen LogP contribution in [0.5, 0.6) is 0 Å². The molecule has 0 aliphatic carbocycles. The molecule has 17 heavy (non-hydrogen) atoms. The summed E-state index contributed by atoms with van der Waals surface area (Å²) in [5.41, 5.74) is 0.751. The van der Waals surface area contributed by atoms with Crippen LogP contribution in [0.25, 0.3) is 0 Å². The second-order valence-corrected chi connectivity index (χ2v) is 4.26. The molecule has 0 unspecified atom stereocenters. The Balaban J connectivity index is 2.68. The summed E-state index contributed by atoms with van der Waals surface area (Å²) in [7, 11) is 0. The first-order valence-corrected chi connectivity index (χ1v) is 5.78. The maximum Gasteiger partial charge on any atom is 0.268 e. The highest BCUT2D eigenvalue weighted by Crippen LogP contribution is 2.01. The fraction of sp³-hybridized carbons (Fsp3) is 0.538. The molecule has 0 amide bonds. The molecule has 0 spiro atoms. The van der Waals surface area contributed by atoms with Crippen LogP contribution in [0.3, 0.4) is 0 Å². The van der Waals surface area contributed by atoms with Crippen molar-refractivity contribution in [2.75, 3.05) is 6.61 Å². The van der Waals surface area contributed by atoms with Crippen molar-refractivity contribution in [3.63, 3.8) is 0 Å². The van der Waals surface area contributed by atoms with Crippen LogP contribution < -0.4 is 5.56 Å². The van der Waals surface area contributed by atoms with Gasteiger partial charge in [0.05, 0.1) is 6.10 Å². The van der Waals surface area contributed by atoms with Crippen molar-refractivity contribution in [3.8, 4) is 6.07 Å². The summed E-state index contributed by atoms with van der Waals surface area (Å²) >= 11 is 0. The van der Waals surface area contributed by atoms with Crippen LogP contribution in [-0.4, -0.2) is 17.3 Å². The van der Waals surface area contributed by atoms with E-state index in [1.807, 2.05) is 19.9 Å². The SMILES string of the molecule is Cc1ccn(CCCOC(C)C)c(=O)c1C#N. The predicted octanol–water partition coefficient (Wildman–Crippen LogP) is 1.84. The van der Waals surface area contributed by atoms with Gasteiger partial charge in [-0.15, -0.1) is 0 Å². The zero-order valence-electron chi connectivity index (χ0n) is 10.6. The van der Waals surface area contributed by atoms with Gasteiger partial charge in [0.15, 0.2) is 0 Å². The summed E-state index contributed by atoms with van der Waals surface area (Å²) in [4.78, 5) is 11.8. The standard InChI is InChI=1S/C13H18N2O2/c1-10(2)17-8-4-6-15-7-5-11(3)12(9-14)13(15)16/h5,7,10H,4,6,8H2,1-3H3. The lowest BCUT2D eigenvalue weighted by molar-refractivity contribution is 0.0747. The van der Waals surface area contributed by atoms with Gasteiger partial charge in [-0.25, -0.2) is 0 Å². The molecule has 0 radical (unpaired) electrons. The van der Waals surface area contributed by atoms with Gasteiger partial charge in [-0.1, -0.05) is 0 Å². The summed E-state index contributed by atoms with van der Waals surface area (Å²) in [6.45, 7) is 6.93. The topological polar surface area (TPSA) is 55.0 Å². The van der Waals surface area contributed by atoms with E-state index >= 15 is 0 Å². The Labute approximate surface area is 101 Å². The molecule has 0 atom stereocenters. The van der Waals surface area contributed by atoms with Gasteiger partial charge in [0.2, 0.25) is 0 Å². The quantitative estimate of drug-likeness (QED) is 0.730. The lowest BCUT2D eigenvalue weighted by Crippen LogP contribution is -2.23. The minimum atomic E-state index is -0.211. The van der Waals surface area contributed by atoms with Crippen molar-refractivity contribution in [2.45, 2.75) is 39.8 Å². The van der Waals surface area contributed by atoms with E-state index in [1.165, 1.54) is 0 Å². The van der Waals surface area contributed by atoms with E-state index in [9.17, 15) is 4.79 Å². The van der Waals surface area contributed by atoms with Gasteiger partial charge in [-0.05, 0) is 38.8 Å². The third-order valence-corrected chi connectivity index (χ3v) is 2.48. The fourth-order valence-corrected chi connectivity index (χ4v) is 1.53. The Morgan fingerprint density at radius 1 is 1.53 bits per heavy atom. The fourth-order valence-electron chi connectivity index (χ4n) is 1.53. The average molecular weight is 234 g/mol. The van der Waals surface area contributed by atoms with Crippen LogP contribution in [0.4, 0.5) is 0 Å². The average Bonchev–Trinajstić information content (AvgIpc) is 2.27. The molecular weight excluding hydrogens is 216 g/mol. The molecule has 92 valence electrons. The van der Waals surface area contributed by atoms with E-state index in [2.05, 4.69) is 0 Å². The molecule has 4 heteroatoms. The Hall–Kier alpha value is -1.60. The molecule has 0 aliphatic heterocycles. The van der Waals surface area contributed by atoms with Crippen LogP contribution >= 0.6 is 0 Å². The smallest absolute Gasteiger partial charge is 0.268 e. The van der Waals surface area contributed by atoms with Gasteiger partial charge in [0, 0.05) is 19.3 Å². The number of nitrogens with zero attached hydrogens (tertiary/aromatic N) is 2. The molecule has 0 saturated heterocycles. The number of aromatic nitrogens is 1. The molecule has 1 aromatic heterocycles. The maximum absolute atomic E-state index is 11.8. The monoisotopic (exact) mass is 234 g/mol. The highest BCUT2D eigenvalue weighted by molar-refractivity contribution is 5.33. The lowest BCUT2D eigenvalue weighted by atomic mass is 10.2. The van der Waals surface area contributed by atoms with Crippen molar-refractivity contribution in [1.82, 2.24) is 4.57 Å². The molecule has 0 fully saturated rings. The Kier molecular flexibility index (Phi) is 4.92. The van der Waals surface area contributed by atoms with Gasteiger partial charge in [-0.2, -0.15) is 5.26 Å². The summed E-state index contributed by atoms with van der Waals surface area (Å²) in [6.07, 6.45) is 2.71. The number of aryl methyl sites for hydroxylation is 2. The minimum absolute atomic E-state index is 0.208. The van der Waals surface area contributed by atoms with E-state index in [-0.39, 0.29) is 17.2 Å². The van der Waals surface area contributed by atoms with Crippen molar-refractivity contribution in [3.05, 3.63) is 33.7 Å². The normalized spacial score (nSPS) is 10.5. The number of hydrogen-bond acceptors (Lipinski definition) is 3. The van der Waals surface area contributed by atoms with Crippen molar-refractivity contribution in [2.24, 2.45) is 0 Å². The third-order valence-electron chi connectivity index (χ3n) is 2.48. The zero-order chi connectivity index (χ0) is 12.8. The first kappa shape index (κ1) is 13.5. The summed E-state index contributed by atoms with van der Waals surface area (Å²) < 4.78 is 6.97. The predicted molar refractivity (Wildman–Crippen MR) is 65.9 cm³/mol. The second kappa shape index (κ2) is 6.21. The molecule has 0 bridgehead atoms. The van der Waals surface area contributed by atoms with Gasteiger partial charge in [0.1, 0.15) is 11.6 Å². The molecular formula is C13H18N2O2. The van der Waals surface area contributed by atoms with Crippen LogP contribution in [0.2, 0.25) is 0 Å². The summed E-state index contributed by atoms with van der Waals surface area (Å²) in [5, 5.41) is 8.88. The summed E-state index contributed by atoms with van der Waals surface area (Å²) in [5.74, 6) is 0. The maximum atomic E-state index is 11.8. The van der Waals surface area contributed by atoms with E-state index in [1.54, 1.807) is 23.8 Å². The lowest BCUT2D eigenvalue weighted by Gasteiger charge is -2.09. The van der Waals surface area contributed by atoms with Gasteiger partial charge in [0.25, 0.3) is 5.56 Å². The van der Waals surface area contributed by atoms with Crippen molar-refractivity contribution >= 4 is 0 Å². The van der Waals surface area contributed by atoms with E-state index in [0.29, 0.717) is 13.2 Å². The molecule has 1 heterocycles. The number of rotatable bonds is 5. The van der Waals surface area contributed by atoms with E-state index < -0.39 is 0 Å². The Morgan fingerprint density at radius 2 is 2.24 bits per heavy atom. The first-order valence-electron chi connectivity index (χ1n) is 5.78. The van der Waals surface area contributed by atoms with Crippen LogP contribution in [0.1, 0.15) is 31.4 Å². The van der Waals surface area contributed by atoms with E-state index in [4.69, 9.17) is 10.00 Å². The summed E-state index contributed by atoms with van der Waals surface area (Å²) in [6, 6.07) is 3.74. The van der Waals surface area contributed by atoms with Gasteiger partial charge < -0.3 is 9.30 Å². The zero-order valence-corrected chi connectivity index (χ0v) is 10.6. The molecule has 1 rings (SSSR count). The molecule has 0 N–H and O–H groups in total. The Morgan fingerprint density at radius 3 is 2.82 bits per heavy atom. The highest BCUT2D eigenvalue weighted by atomic mass is 16.5.